The van der Waals surface area contributed by atoms with Crippen LogP contribution in [0.2, 0.25) is 0 Å². The quantitative estimate of drug-likeness (QED) is 0.260. The minimum atomic E-state index is -1.18. The lowest BCUT2D eigenvalue weighted by Gasteiger charge is -2.20. The Kier molecular flexibility index (Phi) is 7.47. The van der Waals surface area contributed by atoms with Crippen LogP contribution in [0.4, 0.5) is 0 Å². The van der Waals surface area contributed by atoms with Crippen LogP contribution in [0.25, 0.3) is 11.0 Å². The van der Waals surface area contributed by atoms with Gasteiger partial charge in [-0.15, -0.1) is 0 Å². The summed E-state index contributed by atoms with van der Waals surface area (Å²) < 4.78 is 10.6. The van der Waals surface area contributed by atoms with Gasteiger partial charge in [0.25, 0.3) is 0 Å². The molecule has 0 spiro atoms. The minimum Gasteiger partial charge on any atom is -0.480 e. The molecule has 2 aromatic carbocycles. The highest BCUT2D eigenvalue weighted by molar-refractivity contribution is 5.95. The van der Waals surface area contributed by atoms with Gasteiger partial charge in [0.2, 0.25) is 5.91 Å². The summed E-state index contributed by atoms with van der Waals surface area (Å²) in [7, 11) is 0. The van der Waals surface area contributed by atoms with E-state index in [1.165, 1.54) is 18.2 Å². The van der Waals surface area contributed by atoms with E-state index < -0.39 is 35.6 Å². The summed E-state index contributed by atoms with van der Waals surface area (Å²) in [6.45, 7) is 5.19. The van der Waals surface area contributed by atoms with Crippen LogP contribution in [0.1, 0.15) is 35.3 Å². The molecule has 3 aromatic rings. The molecule has 2 atom stereocenters. The highest BCUT2D eigenvalue weighted by Crippen LogP contribution is 2.19. The lowest BCUT2D eigenvalue weighted by Crippen LogP contribution is -2.51. The van der Waals surface area contributed by atoms with Gasteiger partial charge in [-0.1, -0.05) is 32.0 Å². The largest absolute Gasteiger partial charge is 0.480 e. The molecule has 34 heavy (non-hydrogen) atoms. The molecule has 0 aliphatic carbocycles. The van der Waals surface area contributed by atoms with Gasteiger partial charge in [-0.2, -0.15) is 0 Å². The third-order valence-electron chi connectivity index (χ3n) is 5.36. The Balaban J connectivity index is 1.68. The molecular weight excluding hydrogens is 440 g/mol. The van der Waals surface area contributed by atoms with Gasteiger partial charge in [-0.25, -0.2) is 14.4 Å². The zero-order chi connectivity index (χ0) is 25.0. The number of carbonyl (C=O) groups excluding carboxylic acids is 2. The van der Waals surface area contributed by atoms with Crippen LogP contribution in [0.5, 0.6) is 5.75 Å². The van der Waals surface area contributed by atoms with Crippen molar-refractivity contribution >= 4 is 28.8 Å². The summed E-state index contributed by atoms with van der Waals surface area (Å²) in [5.41, 5.74) is 6.88. The minimum absolute atomic E-state index is 0.0310. The molecular formula is C25H26N2O7. The van der Waals surface area contributed by atoms with Crippen LogP contribution in [-0.4, -0.2) is 35.0 Å². The number of nitrogens with two attached hydrogens (primary N) is 1. The van der Waals surface area contributed by atoms with Crippen LogP contribution >= 0.6 is 0 Å². The maximum Gasteiger partial charge on any atom is 0.343 e. The van der Waals surface area contributed by atoms with Crippen molar-refractivity contribution in [2.75, 3.05) is 0 Å². The van der Waals surface area contributed by atoms with Gasteiger partial charge in [0.1, 0.15) is 17.4 Å². The van der Waals surface area contributed by atoms with Crippen molar-refractivity contribution in [1.29, 1.82) is 0 Å². The average molecular weight is 466 g/mol. The Morgan fingerprint density at radius 1 is 1.09 bits per heavy atom. The van der Waals surface area contributed by atoms with Crippen molar-refractivity contribution in [2.45, 2.75) is 39.3 Å². The van der Waals surface area contributed by atoms with Crippen LogP contribution in [-0.2, 0) is 16.0 Å². The van der Waals surface area contributed by atoms with Crippen molar-refractivity contribution in [3.8, 4) is 5.75 Å². The molecule has 0 aliphatic rings. The lowest BCUT2D eigenvalue weighted by molar-refractivity contribution is -0.142. The average Bonchev–Trinajstić information content (AvgIpc) is 2.79. The molecule has 0 saturated heterocycles. The fourth-order valence-electron chi connectivity index (χ4n) is 3.21. The van der Waals surface area contributed by atoms with Gasteiger partial charge < -0.3 is 25.3 Å². The number of esters is 1. The zero-order valence-corrected chi connectivity index (χ0v) is 19.0. The number of rotatable bonds is 8. The second kappa shape index (κ2) is 10.3. The molecule has 9 heteroatoms. The van der Waals surface area contributed by atoms with Gasteiger partial charge in [0.15, 0.2) is 0 Å². The van der Waals surface area contributed by atoms with Gasteiger partial charge in [0.05, 0.1) is 11.6 Å². The number of fused-ring (bicyclic) bond motifs is 1. The smallest absolute Gasteiger partial charge is 0.343 e. The van der Waals surface area contributed by atoms with E-state index in [-0.39, 0.29) is 29.2 Å². The predicted octanol–water partition coefficient (Wildman–Crippen LogP) is 2.42. The van der Waals surface area contributed by atoms with E-state index in [2.05, 4.69) is 5.32 Å². The van der Waals surface area contributed by atoms with Crippen LogP contribution in [0, 0.1) is 12.8 Å². The predicted molar refractivity (Wildman–Crippen MR) is 125 cm³/mol. The second-order valence-corrected chi connectivity index (χ2v) is 8.38. The van der Waals surface area contributed by atoms with E-state index in [9.17, 15) is 24.3 Å². The molecule has 0 radical (unpaired) electrons. The fraction of sp³-hybridized carbons (Fsp3) is 0.280. The molecule has 0 bridgehead atoms. The maximum atomic E-state index is 12.5. The first kappa shape index (κ1) is 24.7. The van der Waals surface area contributed by atoms with Crippen molar-refractivity contribution in [2.24, 2.45) is 11.7 Å². The van der Waals surface area contributed by atoms with E-state index in [1.807, 2.05) is 0 Å². The van der Waals surface area contributed by atoms with E-state index >= 15 is 0 Å². The Bertz CT molecular complexity index is 1280. The summed E-state index contributed by atoms with van der Waals surface area (Å²) >= 11 is 0. The number of aryl methyl sites for hydroxylation is 1. The van der Waals surface area contributed by atoms with E-state index in [0.29, 0.717) is 16.5 Å². The maximum absolute atomic E-state index is 12.5. The normalized spacial score (nSPS) is 12.9. The van der Waals surface area contributed by atoms with Crippen molar-refractivity contribution in [3.05, 3.63) is 75.6 Å². The van der Waals surface area contributed by atoms with E-state index in [1.54, 1.807) is 51.1 Å². The SMILES string of the molecule is Cc1cc2ccc(C(=O)Oc3ccc(C[C@H](NC(=O)[C@@H](N)C(C)C)C(=O)O)cc3)cc2oc1=O. The standard InChI is InChI=1S/C25H26N2O7/c1-13(2)21(26)22(28)27-19(23(29)30)11-15-4-8-18(9-5-15)33-25(32)17-7-6-16-10-14(3)24(31)34-20(16)12-17/h4-10,12-13,19,21H,11,26H2,1-3H3,(H,27,28)(H,29,30)/t19-,21-/m0/s1. The summed E-state index contributed by atoms with van der Waals surface area (Å²) in [6, 6.07) is 10.7. The number of carbonyl (C=O) groups is 3. The highest BCUT2D eigenvalue weighted by Gasteiger charge is 2.25. The number of carboxylic acids is 1. The van der Waals surface area contributed by atoms with Crippen molar-refractivity contribution in [3.63, 3.8) is 0 Å². The van der Waals surface area contributed by atoms with Gasteiger partial charge in [-0.05, 0) is 48.7 Å². The highest BCUT2D eigenvalue weighted by atomic mass is 16.5. The monoisotopic (exact) mass is 466 g/mol. The number of nitrogens with one attached hydrogen (secondary N) is 1. The van der Waals surface area contributed by atoms with Gasteiger partial charge in [0, 0.05) is 17.4 Å². The lowest BCUT2D eigenvalue weighted by atomic mass is 10.0. The third-order valence-corrected chi connectivity index (χ3v) is 5.36. The van der Waals surface area contributed by atoms with E-state index in [4.69, 9.17) is 14.9 Å². The number of carboxylic acid groups (broad SMARTS) is 1. The van der Waals surface area contributed by atoms with E-state index in [0.717, 1.165) is 0 Å². The van der Waals surface area contributed by atoms with Crippen molar-refractivity contribution in [1.82, 2.24) is 5.32 Å². The van der Waals surface area contributed by atoms with Crippen LogP contribution < -0.4 is 21.4 Å². The molecule has 0 unspecified atom stereocenters. The second-order valence-electron chi connectivity index (χ2n) is 8.38. The number of amides is 1. The van der Waals surface area contributed by atoms with Gasteiger partial charge >= 0.3 is 17.6 Å². The Hall–Kier alpha value is -3.98. The first-order chi connectivity index (χ1) is 16.0. The molecule has 1 heterocycles. The Morgan fingerprint density at radius 2 is 1.76 bits per heavy atom. The molecule has 3 rings (SSSR count). The molecule has 9 nitrogen and oxygen atoms in total. The number of aliphatic carboxylic acids is 1. The van der Waals surface area contributed by atoms with Gasteiger partial charge in [-0.3, -0.25) is 4.79 Å². The molecule has 0 aliphatic heterocycles. The third kappa shape index (κ3) is 5.87. The molecule has 178 valence electrons. The number of ether oxygens (including phenoxy) is 1. The van der Waals surface area contributed by atoms with Crippen LogP contribution in [0.3, 0.4) is 0 Å². The summed E-state index contributed by atoms with van der Waals surface area (Å²) in [5.74, 6) is -2.24. The topological polar surface area (TPSA) is 149 Å². The fourth-order valence-corrected chi connectivity index (χ4v) is 3.21. The molecule has 1 amide bonds. The summed E-state index contributed by atoms with van der Waals surface area (Å²) in [5, 5.41) is 12.6. The number of hydrogen-bond acceptors (Lipinski definition) is 7. The number of benzene rings is 2. The molecule has 4 N–H and O–H groups in total. The zero-order valence-electron chi connectivity index (χ0n) is 19.0. The van der Waals surface area contributed by atoms with Crippen LogP contribution in [0.15, 0.2) is 57.7 Å². The molecule has 0 fully saturated rings. The molecule has 0 saturated carbocycles. The Morgan fingerprint density at radius 3 is 2.38 bits per heavy atom. The summed E-state index contributed by atoms with van der Waals surface area (Å²) in [6.07, 6.45) is 0.0310. The number of hydrogen-bond donors (Lipinski definition) is 3. The summed E-state index contributed by atoms with van der Waals surface area (Å²) in [4.78, 5) is 48.0. The van der Waals surface area contributed by atoms with Crippen molar-refractivity contribution < 1.29 is 28.6 Å². The first-order valence-electron chi connectivity index (χ1n) is 10.7. The first-order valence-corrected chi connectivity index (χ1v) is 10.7. The Labute approximate surface area is 195 Å². The molecule has 1 aromatic heterocycles.